The lowest BCUT2D eigenvalue weighted by Gasteiger charge is -2.11. The summed E-state index contributed by atoms with van der Waals surface area (Å²) in [7, 11) is 0. The molecule has 1 N–H and O–H groups in total. The van der Waals surface area contributed by atoms with E-state index in [-0.39, 0.29) is 5.69 Å². The largest absolute Gasteiger partial charge is 0.514 e. The highest BCUT2D eigenvalue weighted by Crippen LogP contribution is 2.26. The number of thiophene rings is 1. The number of aliphatic hydroxyl groups is 1. The van der Waals surface area contributed by atoms with Crippen molar-refractivity contribution in [1.29, 1.82) is 0 Å². The first-order chi connectivity index (χ1) is 10.7. The Kier molecular flexibility index (Phi) is 2.74. The lowest BCUT2D eigenvalue weighted by molar-refractivity contribution is 0.542. The lowest BCUT2D eigenvalue weighted by Crippen LogP contribution is -2.23. The first-order valence-electron chi connectivity index (χ1n) is 6.71. The molecule has 0 unspecified atom stereocenters. The monoisotopic (exact) mass is 309 g/mol. The normalized spacial score (nSPS) is 12.5. The third-order valence-corrected chi connectivity index (χ3v) is 4.71. The van der Waals surface area contributed by atoms with Crippen LogP contribution in [0.15, 0.2) is 41.3 Å². The molecule has 0 atom stereocenters. The van der Waals surface area contributed by atoms with Gasteiger partial charge in [0.25, 0.3) is 0 Å². The molecule has 3 heterocycles. The summed E-state index contributed by atoms with van der Waals surface area (Å²) in [6, 6.07) is 9.48. The average Bonchev–Trinajstić information content (AvgIpc) is 2.88. The molecule has 0 amide bonds. The summed E-state index contributed by atoms with van der Waals surface area (Å²) >= 11 is 1.32. The van der Waals surface area contributed by atoms with Gasteiger partial charge in [0.15, 0.2) is 0 Å². The van der Waals surface area contributed by atoms with Crippen LogP contribution in [0.2, 0.25) is 0 Å². The third-order valence-electron chi connectivity index (χ3n) is 3.68. The van der Waals surface area contributed by atoms with Crippen LogP contribution in [0, 0.1) is 6.92 Å². The highest BCUT2D eigenvalue weighted by molar-refractivity contribution is 7.17. The van der Waals surface area contributed by atoms with Crippen molar-refractivity contribution in [2.24, 2.45) is 0 Å². The second-order valence-corrected chi connectivity index (χ2v) is 6.00. The molecule has 0 aliphatic rings. The molecule has 0 saturated carbocycles. The molecule has 0 fully saturated rings. The highest BCUT2D eigenvalue weighted by Gasteiger charge is 2.16. The van der Waals surface area contributed by atoms with E-state index < -0.39 is 0 Å². The Hall–Kier alpha value is -2.73. The Morgan fingerprint density at radius 1 is 1.27 bits per heavy atom. The Morgan fingerprint density at radius 3 is 2.86 bits per heavy atom. The van der Waals surface area contributed by atoms with Crippen LogP contribution in [-0.2, 0) is 0 Å². The summed E-state index contributed by atoms with van der Waals surface area (Å²) in [6.07, 6.45) is 2.65. The Bertz CT molecular complexity index is 1130. The minimum atomic E-state index is -0.365. The maximum absolute atomic E-state index is 12.6. The quantitative estimate of drug-likeness (QED) is 0.586. The van der Waals surface area contributed by atoms with Crippen LogP contribution < -0.4 is 10.2 Å². The van der Waals surface area contributed by atoms with Crippen LogP contribution in [0.3, 0.4) is 0 Å². The molecule has 4 rings (SSSR count). The summed E-state index contributed by atoms with van der Waals surface area (Å²) in [5.74, 6) is 0. The molecule has 0 radical (unpaired) electrons. The van der Waals surface area contributed by atoms with Gasteiger partial charge in [-0.25, -0.2) is 9.78 Å². The molecule has 0 bridgehead atoms. The van der Waals surface area contributed by atoms with Crippen molar-refractivity contribution in [1.82, 2.24) is 14.5 Å². The minimum Gasteiger partial charge on any atom is -0.514 e. The summed E-state index contributed by atoms with van der Waals surface area (Å²) < 4.78 is 2.15. The number of benzene rings is 1. The van der Waals surface area contributed by atoms with Gasteiger partial charge in [0.1, 0.15) is 10.3 Å². The van der Waals surface area contributed by atoms with Gasteiger partial charge in [0, 0.05) is 6.20 Å². The molecule has 108 valence electrons. The SMILES string of the molecule is Cc1ccccc1-n1c(=O)nc2c(=CO)sc3nccc1c32. The number of aryl methyl sites for hydroxylation is 1. The number of para-hydroxylation sites is 1. The van der Waals surface area contributed by atoms with Crippen LogP contribution in [-0.4, -0.2) is 19.6 Å². The molecule has 4 aromatic rings. The van der Waals surface area contributed by atoms with Crippen LogP contribution in [0.1, 0.15) is 5.56 Å². The number of aromatic nitrogens is 3. The van der Waals surface area contributed by atoms with Crippen LogP contribution in [0.25, 0.3) is 33.2 Å². The Labute approximate surface area is 128 Å². The topological polar surface area (TPSA) is 68.0 Å². The van der Waals surface area contributed by atoms with E-state index in [0.29, 0.717) is 10.0 Å². The molecule has 0 spiro atoms. The van der Waals surface area contributed by atoms with E-state index in [1.54, 1.807) is 16.8 Å². The number of aliphatic hydroxyl groups excluding tert-OH is 1. The number of nitrogens with zero attached hydrogens (tertiary/aromatic N) is 3. The number of rotatable bonds is 1. The van der Waals surface area contributed by atoms with Gasteiger partial charge < -0.3 is 5.11 Å². The van der Waals surface area contributed by atoms with Gasteiger partial charge in [-0.1, -0.05) is 18.2 Å². The van der Waals surface area contributed by atoms with E-state index in [4.69, 9.17) is 0 Å². The average molecular weight is 309 g/mol. The fraction of sp³-hybridized carbons (Fsp3) is 0.0625. The van der Waals surface area contributed by atoms with E-state index in [2.05, 4.69) is 9.97 Å². The predicted molar refractivity (Wildman–Crippen MR) is 87.6 cm³/mol. The van der Waals surface area contributed by atoms with Gasteiger partial charge in [-0.05, 0) is 24.6 Å². The van der Waals surface area contributed by atoms with Crippen LogP contribution in [0.4, 0.5) is 0 Å². The number of hydrogen-bond donors (Lipinski definition) is 1. The minimum absolute atomic E-state index is 0.365. The van der Waals surface area contributed by atoms with Crippen molar-refractivity contribution in [3.05, 3.63) is 57.1 Å². The van der Waals surface area contributed by atoms with Crippen molar-refractivity contribution < 1.29 is 5.11 Å². The van der Waals surface area contributed by atoms with E-state index in [1.165, 1.54) is 11.3 Å². The Morgan fingerprint density at radius 2 is 2.09 bits per heavy atom. The van der Waals surface area contributed by atoms with Crippen molar-refractivity contribution in [2.45, 2.75) is 6.92 Å². The zero-order chi connectivity index (χ0) is 15.3. The first-order valence-corrected chi connectivity index (χ1v) is 7.52. The smallest absolute Gasteiger partial charge is 0.353 e. The summed E-state index contributed by atoms with van der Waals surface area (Å²) in [5.41, 5.74) is 2.67. The molecular weight excluding hydrogens is 298 g/mol. The zero-order valence-corrected chi connectivity index (χ0v) is 12.5. The van der Waals surface area contributed by atoms with Gasteiger partial charge in [-0.3, -0.25) is 4.57 Å². The van der Waals surface area contributed by atoms with E-state index in [9.17, 15) is 9.90 Å². The lowest BCUT2D eigenvalue weighted by atomic mass is 10.2. The van der Waals surface area contributed by atoms with E-state index in [1.807, 2.05) is 31.2 Å². The van der Waals surface area contributed by atoms with Crippen molar-refractivity contribution in [3.63, 3.8) is 0 Å². The zero-order valence-electron chi connectivity index (χ0n) is 11.6. The van der Waals surface area contributed by atoms with Crippen LogP contribution >= 0.6 is 11.3 Å². The molecule has 0 aliphatic heterocycles. The molecule has 0 aliphatic carbocycles. The van der Waals surface area contributed by atoms with Gasteiger partial charge >= 0.3 is 5.69 Å². The van der Waals surface area contributed by atoms with Gasteiger partial charge in [-0.15, -0.1) is 11.3 Å². The third kappa shape index (κ3) is 1.67. The second-order valence-electron chi connectivity index (χ2n) is 4.97. The Balaban J connectivity index is 2.27. The first kappa shape index (κ1) is 13.0. The predicted octanol–water partition coefficient (Wildman–Crippen LogP) is 2.32. The fourth-order valence-corrected chi connectivity index (χ4v) is 3.61. The van der Waals surface area contributed by atoms with Crippen molar-refractivity contribution >= 4 is 38.8 Å². The van der Waals surface area contributed by atoms with Crippen LogP contribution in [0.5, 0.6) is 0 Å². The summed E-state index contributed by atoms with van der Waals surface area (Å²) in [5, 5.41) is 10.2. The van der Waals surface area contributed by atoms with Gasteiger partial charge in [0.2, 0.25) is 0 Å². The van der Waals surface area contributed by atoms with Crippen molar-refractivity contribution in [2.75, 3.05) is 0 Å². The standard InChI is InChI=1S/C16H11N3O2S/c1-9-4-2-3-5-10(9)19-11-6-7-17-15-13(11)14(18-16(19)21)12(8-20)22-15/h2-8,20H,1H3. The maximum Gasteiger partial charge on any atom is 0.353 e. The van der Waals surface area contributed by atoms with Gasteiger partial charge in [-0.2, -0.15) is 4.98 Å². The summed E-state index contributed by atoms with van der Waals surface area (Å²) in [4.78, 5) is 21.8. The summed E-state index contributed by atoms with van der Waals surface area (Å²) in [6.45, 7) is 1.96. The van der Waals surface area contributed by atoms with E-state index in [0.717, 1.165) is 33.2 Å². The molecule has 5 nitrogen and oxygen atoms in total. The highest BCUT2D eigenvalue weighted by atomic mass is 32.1. The molecule has 6 heteroatoms. The second kappa shape index (κ2) is 4.64. The fourth-order valence-electron chi connectivity index (χ4n) is 2.69. The van der Waals surface area contributed by atoms with Gasteiger partial charge in [0.05, 0.1) is 27.4 Å². The molecule has 0 saturated heterocycles. The molecular formula is C16H11N3O2S. The van der Waals surface area contributed by atoms with E-state index >= 15 is 0 Å². The maximum atomic E-state index is 12.6. The number of hydrogen-bond acceptors (Lipinski definition) is 5. The molecule has 1 aromatic carbocycles. The number of pyridine rings is 1. The molecule has 3 aromatic heterocycles. The molecule has 22 heavy (non-hydrogen) atoms. The van der Waals surface area contributed by atoms with Crippen molar-refractivity contribution in [3.8, 4) is 5.69 Å².